The SMILES string of the molecule is CCNC(CCN1CCCC(OC)C1)c1ccccc1. The topological polar surface area (TPSA) is 24.5 Å². The molecule has 1 aliphatic rings. The molecule has 2 unspecified atom stereocenters. The molecule has 0 amide bonds. The van der Waals surface area contributed by atoms with Gasteiger partial charge in [0.15, 0.2) is 0 Å². The molecule has 2 rings (SSSR count). The molecule has 0 radical (unpaired) electrons. The molecule has 0 aliphatic carbocycles. The summed E-state index contributed by atoms with van der Waals surface area (Å²) in [6.07, 6.45) is 4.06. The summed E-state index contributed by atoms with van der Waals surface area (Å²) in [5.41, 5.74) is 1.40. The zero-order valence-corrected chi connectivity index (χ0v) is 12.8. The number of likely N-dealkylation sites (tertiary alicyclic amines) is 1. The van der Waals surface area contributed by atoms with Gasteiger partial charge in [-0.1, -0.05) is 37.3 Å². The second-order valence-electron chi connectivity index (χ2n) is 5.61. The van der Waals surface area contributed by atoms with Gasteiger partial charge in [0.25, 0.3) is 0 Å². The molecular formula is C17H28N2O. The summed E-state index contributed by atoms with van der Waals surface area (Å²) in [5.74, 6) is 0. The van der Waals surface area contributed by atoms with Crippen molar-refractivity contribution in [3.05, 3.63) is 35.9 Å². The highest BCUT2D eigenvalue weighted by Crippen LogP contribution is 2.19. The molecule has 1 heterocycles. The van der Waals surface area contributed by atoms with Gasteiger partial charge in [0, 0.05) is 26.2 Å². The van der Waals surface area contributed by atoms with Gasteiger partial charge in [-0.05, 0) is 37.9 Å². The highest BCUT2D eigenvalue weighted by molar-refractivity contribution is 5.18. The molecule has 1 N–H and O–H groups in total. The lowest BCUT2D eigenvalue weighted by atomic mass is 10.0. The first-order chi connectivity index (χ1) is 9.83. The maximum absolute atomic E-state index is 5.50. The van der Waals surface area contributed by atoms with Crippen LogP contribution in [0.25, 0.3) is 0 Å². The number of hydrogen-bond acceptors (Lipinski definition) is 3. The van der Waals surface area contributed by atoms with E-state index in [0.29, 0.717) is 12.1 Å². The van der Waals surface area contributed by atoms with E-state index in [-0.39, 0.29) is 0 Å². The van der Waals surface area contributed by atoms with Gasteiger partial charge in [-0.2, -0.15) is 0 Å². The van der Waals surface area contributed by atoms with Crippen molar-refractivity contribution in [2.45, 2.75) is 38.3 Å². The Hall–Kier alpha value is -0.900. The Morgan fingerprint density at radius 1 is 1.35 bits per heavy atom. The molecule has 20 heavy (non-hydrogen) atoms. The van der Waals surface area contributed by atoms with E-state index in [2.05, 4.69) is 47.5 Å². The zero-order chi connectivity index (χ0) is 14.2. The molecule has 1 aromatic carbocycles. The fraction of sp³-hybridized carbons (Fsp3) is 0.647. The third-order valence-corrected chi connectivity index (χ3v) is 4.18. The summed E-state index contributed by atoms with van der Waals surface area (Å²) in [7, 11) is 1.83. The van der Waals surface area contributed by atoms with E-state index in [1.54, 1.807) is 0 Å². The van der Waals surface area contributed by atoms with E-state index in [4.69, 9.17) is 4.74 Å². The van der Waals surface area contributed by atoms with Crippen LogP contribution in [0.5, 0.6) is 0 Å². The van der Waals surface area contributed by atoms with Crippen molar-refractivity contribution in [3.8, 4) is 0 Å². The average Bonchev–Trinajstić information content (AvgIpc) is 2.52. The van der Waals surface area contributed by atoms with E-state index >= 15 is 0 Å². The van der Waals surface area contributed by atoms with Gasteiger partial charge in [-0.15, -0.1) is 0 Å². The summed E-state index contributed by atoms with van der Waals surface area (Å²) >= 11 is 0. The number of ether oxygens (including phenoxy) is 1. The van der Waals surface area contributed by atoms with Crippen LogP contribution in [0, 0.1) is 0 Å². The predicted octanol–water partition coefficient (Wildman–Crippen LogP) is 2.84. The molecule has 3 heteroatoms. The summed E-state index contributed by atoms with van der Waals surface area (Å²) < 4.78 is 5.50. The van der Waals surface area contributed by atoms with Gasteiger partial charge in [0.05, 0.1) is 6.10 Å². The Bertz CT molecular complexity index is 369. The van der Waals surface area contributed by atoms with Crippen LogP contribution in [0.2, 0.25) is 0 Å². The fourth-order valence-electron chi connectivity index (χ4n) is 3.04. The predicted molar refractivity (Wildman–Crippen MR) is 83.9 cm³/mol. The maximum atomic E-state index is 5.50. The van der Waals surface area contributed by atoms with Crippen LogP contribution in [-0.4, -0.2) is 44.3 Å². The quantitative estimate of drug-likeness (QED) is 0.829. The number of nitrogens with one attached hydrogen (secondary N) is 1. The van der Waals surface area contributed by atoms with E-state index in [9.17, 15) is 0 Å². The minimum Gasteiger partial charge on any atom is -0.380 e. The molecule has 1 fully saturated rings. The largest absolute Gasteiger partial charge is 0.380 e. The minimum atomic E-state index is 0.429. The molecular weight excluding hydrogens is 248 g/mol. The van der Waals surface area contributed by atoms with Crippen molar-refractivity contribution in [2.24, 2.45) is 0 Å². The van der Waals surface area contributed by atoms with Crippen LogP contribution < -0.4 is 5.32 Å². The zero-order valence-electron chi connectivity index (χ0n) is 12.8. The van der Waals surface area contributed by atoms with Crippen molar-refractivity contribution in [2.75, 3.05) is 33.3 Å². The van der Waals surface area contributed by atoms with E-state index in [0.717, 1.165) is 26.1 Å². The lowest BCUT2D eigenvalue weighted by Crippen LogP contribution is -2.40. The summed E-state index contributed by atoms with van der Waals surface area (Å²) in [6, 6.07) is 11.2. The van der Waals surface area contributed by atoms with Gasteiger partial charge < -0.3 is 15.0 Å². The van der Waals surface area contributed by atoms with E-state index < -0.39 is 0 Å². The Labute approximate surface area is 123 Å². The van der Waals surface area contributed by atoms with Crippen LogP contribution in [0.15, 0.2) is 30.3 Å². The third kappa shape index (κ3) is 4.58. The number of nitrogens with zero attached hydrogens (tertiary/aromatic N) is 1. The number of piperidine rings is 1. The van der Waals surface area contributed by atoms with Crippen LogP contribution in [0.1, 0.15) is 37.8 Å². The van der Waals surface area contributed by atoms with Gasteiger partial charge in [-0.25, -0.2) is 0 Å². The van der Waals surface area contributed by atoms with Gasteiger partial charge in [0.1, 0.15) is 0 Å². The van der Waals surface area contributed by atoms with Crippen LogP contribution >= 0.6 is 0 Å². The Morgan fingerprint density at radius 2 is 2.15 bits per heavy atom. The lowest BCUT2D eigenvalue weighted by molar-refractivity contribution is 0.0301. The Balaban J connectivity index is 1.86. The van der Waals surface area contributed by atoms with Crippen LogP contribution in [-0.2, 0) is 4.74 Å². The van der Waals surface area contributed by atoms with Crippen LogP contribution in [0.4, 0.5) is 0 Å². The van der Waals surface area contributed by atoms with Crippen molar-refractivity contribution in [1.29, 1.82) is 0 Å². The normalized spacial score (nSPS) is 21.8. The van der Waals surface area contributed by atoms with Gasteiger partial charge in [-0.3, -0.25) is 0 Å². The highest BCUT2D eigenvalue weighted by atomic mass is 16.5. The second kappa shape index (κ2) is 8.40. The number of hydrogen-bond donors (Lipinski definition) is 1. The number of rotatable bonds is 7. The molecule has 0 saturated carbocycles. The van der Waals surface area contributed by atoms with E-state index in [1.165, 1.54) is 24.9 Å². The monoisotopic (exact) mass is 276 g/mol. The molecule has 3 nitrogen and oxygen atoms in total. The molecule has 2 atom stereocenters. The third-order valence-electron chi connectivity index (χ3n) is 4.18. The molecule has 112 valence electrons. The van der Waals surface area contributed by atoms with Crippen molar-refractivity contribution < 1.29 is 4.74 Å². The number of methoxy groups -OCH3 is 1. The average molecular weight is 276 g/mol. The Morgan fingerprint density at radius 3 is 2.85 bits per heavy atom. The Kier molecular flexibility index (Phi) is 6.51. The molecule has 1 aromatic rings. The maximum Gasteiger partial charge on any atom is 0.0698 e. The lowest BCUT2D eigenvalue weighted by Gasteiger charge is -2.33. The molecule has 0 bridgehead atoms. The van der Waals surface area contributed by atoms with E-state index in [1.807, 2.05) is 7.11 Å². The molecule has 0 spiro atoms. The van der Waals surface area contributed by atoms with Crippen LogP contribution in [0.3, 0.4) is 0 Å². The smallest absolute Gasteiger partial charge is 0.0698 e. The summed E-state index contributed by atoms with van der Waals surface area (Å²) in [6.45, 7) is 6.64. The molecule has 1 saturated heterocycles. The summed E-state index contributed by atoms with van der Waals surface area (Å²) in [4.78, 5) is 2.55. The molecule has 0 aromatic heterocycles. The highest BCUT2D eigenvalue weighted by Gasteiger charge is 2.20. The van der Waals surface area contributed by atoms with Gasteiger partial charge >= 0.3 is 0 Å². The first kappa shape index (κ1) is 15.5. The van der Waals surface area contributed by atoms with Crippen molar-refractivity contribution in [3.63, 3.8) is 0 Å². The van der Waals surface area contributed by atoms with Gasteiger partial charge in [0.2, 0.25) is 0 Å². The van der Waals surface area contributed by atoms with Crippen molar-refractivity contribution in [1.82, 2.24) is 10.2 Å². The summed E-state index contributed by atoms with van der Waals surface area (Å²) in [5, 5.41) is 3.61. The first-order valence-electron chi connectivity index (χ1n) is 7.87. The minimum absolute atomic E-state index is 0.429. The standard InChI is InChI=1S/C17H28N2O/c1-3-18-17(15-8-5-4-6-9-15)11-13-19-12-7-10-16(14-19)20-2/h4-6,8-9,16-18H,3,7,10-14H2,1-2H3. The van der Waals surface area contributed by atoms with Crippen molar-refractivity contribution >= 4 is 0 Å². The number of benzene rings is 1. The fourth-order valence-corrected chi connectivity index (χ4v) is 3.04. The molecule has 1 aliphatic heterocycles. The second-order valence-corrected chi connectivity index (χ2v) is 5.61. The first-order valence-corrected chi connectivity index (χ1v) is 7.87.